The second kappa shape index (κ2) is 14.5. The summed E-state index contributed by atoms with van der Waals surface area (Å²) >= 11 is 0. The fourth-order valence-electron chi connectivity index (χ4n) is 6.48. The third-order valence-corrected chi connectivity index (χ3v) is 8.74. The van der Waals surface area contributed by atoms with Crippen molar-refractivity contribution in [2.75, 3.05) is 20.1 Å². The minimum absolute atomic E-state index is 0.105. The van der Waals surface area contributed by atoms with E-state index in [9.17, 15) is 19.2 Å². The van der Waals surface area contributed by atoms with Crippen LogP contribution in [0.3, 0.4) is 0 Å². The lowest BCUT2D eigenvalue weighted by Gasteiger charge is -2.36. The van der Waals surface area contributed by atoms with E-state index in [0.29, 0.717) is 43.5 Å². The highest BCUT2D eigenvalue weighted by Gasteiger charge is 2.43. The van der Waals surface area contributed by atoms with Crippen molar-refractivity contribution >= 4 is 23.8 Å². The molecule has 2 aliphatic carbocycles. The molecule has 5 atom stereocenters. The lowest BCUT2D eigenvalue weighted by Crippen LogP contribution is -2.59. The van der Waals surface area contributed by atoms with E-state index in [1.54, 1.807) is 20.8 Å². The molecule has 240 valence electrons. The molecule has 0 radical (unpaired) electrons. The largest absolute Gasteiger partial charge is 0.444 e. The molecular weight excluding hydrogens is 561 g/mol. The topological polar surface area (TPSA) is 117 Å². The summed E-state index contributed by atoms with van der Waals surface area (Å²) in [5, 5.41) is 5.94. The predicted molar refractivity (Wildman–Crippen MR) is 166 cm³/mol. The maximum atomic E-state index is 14.3. The van der Waals surface area contributed by atoms with Gasteiger partial charge in [-0.15, -0.1) is 6.42 Å². The van der Waals surface area contributed by atoms with E-state index in [1.807, 2.05) is 24.3 Å². The van der Waals surface area contributed by atoms with Crippen molar-refractivity contribution in [3.8, 4) is 12.3 Å². The highest BCUT2D eigenvalue weighted by Crippen LogP contribution is 2.34. The summed E-state index contributed by atoms with van der Waals surface area (Å²) < 4.78 is 35.1. The molecule has 2 fully saturated rings. The number of terminal acetylenes is 1. The number of nitrogens with one attached hydrogen (secondary N) is 2. The summed E-state index contributed by atoms with van der Waals surface area (Å²) in [4.78, 5) is 56.7. The van der Waals surface area contributed by atoms with Crippen molar-refractivity contribution in [2.24, 2.45) is 5.92 Å². The number of amides is 4. The van der Waals surface area contributed by atoms with Gasteiger partial charge in [-0.1, -0.05) is 49.4 Å². The van der Waals surface area contributed by atoms with E-state index in [-0.39, 0.29) is 30.4 Å². The SMILES string of the molecule is [2H][13C]([2H])([2H])N(C(=O)OC(C)(C)C)[C@@H](C)C(=O)N[C@H](C(=O)N1CCC[C@H]1C(=O)N[C@H]1c2ccccc2C[C@H]1OCC#C)C1CCCCC1. The van der Waals surface area contributed by atoms with Crippen molar-refractivity contribution in [2.45, 2.75) is 115 Å². The lowest BCUT2D eigenvalue weighted by atomic mass is 9.83. The third-order valence-electron chi connectivity index (χ3n) is 8.74. The zero-order chi connectivity index (χ0) is 34.5. The van der Waals surface area contributed by atoms with Crippen LogP contribution in [-0.2, 0) is 30.3 Å². The van der Waals surface area contributed by atoms with Gasteiger partial charge in [-0.3, -0.25) is 19.3 Å². The maximum absolute atomic E-state index is 14.3. The summed E-state index contributed by atoms with van der Waals surface area (Å²) in [6.45, 7) is 3.58. The molecule has 1 saturated heterocycles. The molecule has 0 aromatic heterocycles. The van der Waals surface area contributed by atoms with Gasteiger partial charge in [-0.05, 0) is 70.4 Å². The molecule has 10 nitrogen and oxygen atoms in total. The highest BCUT2D eigenvalue weighted by atomic mass is 16.6. The van der Waals surface area contributed by atoms with Crippen LogP contribution in [0, 0.1) is 18.3 Å². The molecular formula is C34H48N4O6. The van der Waals surface area contributed by atoms with Crippen LogP contribution in [0.25, 0.3) is 0 Å². The fraction of sp³-hybridized carbons (Fsp3) is 0.647. The Morgan fingerprint density at radius 1 is 1.14 bits per heavy atom. The van der Waals surface area contributed by atoms with Gasteiger partial charge in [0.15, 0.2) is 0 Å². The summed E-state index contributed by atoms with van der Waals surface area (Å²) in [5.74, 6) is 0.796. The first-order valence-corrected chi connectivity index (χ1v) is 15.7. The average Bonchev–Trinajstić information content (AvgIpc) is 3.62. The van der Waals surface area contributed by atoms with Crippen molar-refractivity contribution < 1.29 is 32.8 Å². The van der Waals surface area contributed by atoms with Crippen molar-refractivity contribution in [1.82, 2.24) is 20.4 Å². The Bertz CT molecular complexity index is 1350. The summed E-state index contributed by atoms with van der Waals surface area (Å²) in [6.07, 6.45) is 9.74. The number of likely N-dealkylation sites (N-methyl/N-ethyl adjacent to an activating group) is 1. The molecule has 4 amide bonds. The van der Waals surface area contributed by atoms with E-state index in [2.05, 4.69) is 16.6 Å². The Hall–Kier alpha value is -3.58. The van der Waals surface area contributed by atoms with Crippen molar-refractivity contribution in [3.63, 3.8) is 0 Å². The number of carbonyl (C=O) groups is 4. The fourth-order valence-corrected chi connectivity index (χ4v) is 6.48. The van der Waals surface area contributed by atoms with E-state index >= 15 is 0 Å². The van der Waals surface area contributed by atoms with Crippen LogP contribution in [0.4, 0.5) is 4.79 Å². The standard InChI is InChI=1S/C34H48N4O6/c1-7-20-43-27-21-24-16-11-12-17-25(24)29(27)36-31(40)26-18-13-19-38(26)32(41)28(23-14-9-8-10-15-23)35-30(39)22(2)37(6)33(42)44-34(3,4)5/h1,11-12,16-17,22-23,26-29H,8-10,13-15,18-21H2,2-6H3,(H,35,39)(H,36,40)/t22-,26-,27+,28-,29-/m0/s1/i6+1D3. The van der Waals surface area contributed by atoms with Gasteiger partial charge in [-0.25, -0.2) is 4.79 Å². The number of rotatable bonds is 9. The van der Waals surface area contributed by atoms with Crippen LogP contribution in [-0.4, -0.2) is 83.6 Å². The molecule has 1 heterocycles. The summed E-state index contributed by atoms with van der Waals surface area (Å²) in [6, 6.07) is 4.14. The average molecular weight is 613 g/mol. The second-order valence-corrected chi connectivity index (χ2v) is 13.0. The quantitative estimate of drug-likeness (QED) is 0.324. The Balaban J connectivity index is 1.54. The predicted octanol–water partition coefficient (Wildman–Crippen LogP) is 3.73. The summed E-state index contributed by atoms with van der Waals surface area (Å²) in [5.41, 5.74) is 1.02. The van der Waals surface area contributed by atoms with Gasteiger partial charge in [0.25, 0.3) is 0 Å². The lowest BCUT2D eigenvalue weighted by molar-refractivity contribution is -0.144. The Morgan fingerprint density at radius 3 is 2.55 bits per heavy atom. The number of hydrogen-bond donors (Lipinski definition) is 2. The van der Waals surface area contributed by atoms with Crippen LogP contribution in [0.5, 0.6) is 0 Å². The van der Waals surface area contributed by atoms with Crippen LogP contribution in [0.2, 0.25) is 0 Å². The van der Waals surface area contributed by atoms with Crippen molar-refractivity contribution in [1.29, 1.82) is 0 Å². The first-order valence-electron chi connectivity index (χ1n) is 17.2. The summed E-state index contributed by atoms with van der Waals surface area (Å²) in [7, 11) is 0. The second-order valence-electron chi connectivity index (χ2n) is 13.0. The normalized spacial score (nSPS) is 24.5. The number of likely N-dealkylation sites (tertiary alicyclic amines) is 1. The Kier molecular flexibility index (Phi) is 9.58. The minimum atomic E-state index is -2.97. The number of ether oxygens (including phenoxy) is 2. The number of hydrogen-bond acceptors (Lipinski definition) is 6. The van der Waals surface area contributed by atoms with Gasteiger partial charge in [0.1, 0.15) is 30.3 Å². The Labute approximate surface area is 265 Å². The first-order chi connectivity index (χ1) is 22.1. The molecule has 1 saturated carbocycles. The molecule has 1 aromatic rings. The molecule has 44 heavy (non-hydrogen) atoms. The molecule has 0 spiro atoms. The van der Waals surface area contributed by atoms with Crippen LogP contribution >= 0.6 is 0 Å². The maximum Gasteiger partial charge on any atom is 0.410 e. The van der Waals surface area contributed by atoms with E-state index < -0.39 is 48.7 Å². The number of nitrogens with zero attached hydrogens (tertiary/aromatic N) is 2. The minimum Gasteiger partial charge on any atom is -0.444 e. The van der Waals surface area contributed by atoms with E-state index in [4.69, 9.17) is 20.0 Å². The van der Waals surface area contributed by atoms with Gasteiger partial charge in [-0.2, -0.15) is 0 Å². The monoisotopic (exact) mass is 612 g/mol. The van der Waals surface area contributed by atoms with Gasteiger partial charge >= 0.3 is 6.09 Å². The van der Waals surface area contributed by atoms with E-state index in [0.717, 1.165) is 30.4 Å². The van der Waals surface area contributed by atoms with Crippen LogP contribution in [0.15, 0.2) is 24.3 Å². The number of carbonyl (C=O) groups excluding carboxylic acids is 4. The smallest absolute Gasteiger partial charge is 0.410 e. The zero-order valence-electron chi connectivity index (χ0n) is 29.3. The molecule has 3 aliphatic rings. The van der Waals surface area contributed by atoms with Gasteiger partial charge < -0.3 is 25.0 Å². The molecule has 10 heteroatoms. The van der Waals surface area contributed by atoms with Gasteiger partial charge in [0.05, 0.1) is 12.1 Å². The number of benzene rings is 1. The van der Waals surface area contributed by atoms with Gasteiger partial charge in [0, 0.05) is 24.1 Å². The van der Waals surface area contributed by atoms with Crippen molar-refractivity contribution in [3.05, 3.63) is 35.4 Å². The first kappa shape index (κ1) is 29.1. The van der Waals surface area contributed by atoms with Crippen LogP contribution in [0.1, 0.15) is 93.9 Å². The highest BCUT2D eigenvalue weighted by molar-refractivity contribution is 5.94. The Morgan fingerprint density at radius 2 is 1.86 bits per heavy atom. The number of fused-ring (bicyclic) bond motifs is 1. The molecule has 4 rings (SSSR count). The molecule has 2 N–H and O–H groups in total. The molecule has 0 unspecified atom stereocenters. The zero-order valence-corrected chi connectivity index (χ0v) is 26.3. The molecule has 1 aromatic carbocycles. The van der Waals surface area contributed by atoms with Gasteiger partial charge in [0.2, 0.25) is 17.7 Å². The van der Waals surface area contributed by atoms with Crippen LogP contribution < -0.4 is 10.6 Å². The third kappa shape index (κ3) is 7.92. The van der Waals surface area contributed by atoms with E-state index in [1.165, 1.54) is 11.8 Å². The molecule has 1 aliphatic heterocycles. The molecule has 0 bridgehead atoms.